The van der Waals surface area contributed by atoms with Crippen molar-refractivity contribution < 1.29 is 9.50 Å². The molecule has 5 heteroatoms. The van der Waals surface area contributed by atoms with Crippen LogP contribution < -0.4 is 0 Å². The smallest absolute Gasteiger partial charge is 0.123 e. The molecule has 3 nitrogen and oxygen atoms in total. The van der Waals surface area contributed by atoms with E-state index in [9.17, 15) is 9.50 Å². The van der Waals surface area contributed by atoms with Crippen molar-refractivity contribution in [3.8, 4) is 0 Å². The maximum atomic E-state index is 12.7. The van der Waals surface area contributed by atoms with Gasteiger partial charge < -0.3 is 5.11 Å². The first-order chi connectivity index (χ1) is 8.15. The van der Waals surface area contributed by atoms with Gasteiger partial charge in [0, 0.05) is 29.5 Å². The normalized spacial score (nSPS) is 12.6. The molecule has 17 heavy (non-hydrogen) atoms. The zero-order chi connectivity index (χ0) is 12.3. The van der Waals surface area contributed by atoms with Crippen LogP contribution in [0.5, 0.6) is 0 Å². The van der Waals surface area contributed by atoms with Crippen LogP contribution >= 0.6 is 11.8 Å². The highest BCUT2D eigenvalue weighted by Gasteiger charge is 2.09. The molecule has 0 spiro atoms. The van der Waals surface area contributed by atoms with Crippen LogP contribution in [0.4, 0.5) is 4.39 Å². The number of aryl methyl sites for hydroxylation is 1. The summed E-state index contributed by atoms with van der Waals surface area (Å²) in [5, 5.41) is 13.9. The number of aliphatic hydroxyl groups excluding tert-OH is 1. The SMILES string of the molecule is Cn1cc(C(O)CSc2ccc(F)cc2)cn1. The van der Waals surface area contributed by atoms with E-state index in [0.717, 1.165) is 10.5 Å². The number of aromatic nitrogens is 2. The summed E-state index contributed by atoms with van der Waals surface area (Å²) in [6.45, 7) is 0. The highest BCUT2D eigenvalue weighted by Crippen LogP contribution is 2.24. The minimum absolute atomic E-state index is 0.248. The topological polar surface area (TPSA) is 38.0 Å². The predicted molar refractivity (Wildman–Crippen MR) is 65.3 cm³/mol. The van der Waals surface area contributed by atoms with Gasteiger partial charge >= 0.3 is 0 Å². The van der Waals surface area contributed by atoms with Crippen molar-refractivity contribution in [3.63, 3.8) is 0 Å². The average molecular weight is 252 g/mol. The van der Waals surface area contributed by atoms with Crippen LogP contribution in [0.15, 0.2) is 41.6 Å². The Kier molecular flexibility index (Phi) is 3.81. The number of aliphatic hydroxyl groups is 1. The van der Waals surface area contributed by atoms with E-state index in [4.69, 9.17) is 0 Å². The summed E-state index contributed by atoms with van der Waals surface area (Å²) >= 11 is 1.49. The van der Waals surface area contributed by atoms with E-state index in [1.165, 1.54) is 23.9 Å². The van der Waals surface area contributed by atoms with Gasteiger partial charge in [-0.15, -0.1) is 11.8 Å². The monoisotopic (exact) mass is 252 g/mol. The Labute approximate surface area is 103 Å². The molecule has 0 bridgehead atoms. The van der Waals surface area contributed by atoms with Gasteiger partial charge in [-0.25, -0.2) is 4.39 Å². The summed E-state index contributed by atoms with van der Waals surface area (Å²) in [7, 11) is 1.81. The van der Waals surface area contributed by atoms with Crippen LogP contribution in [-0.2, 0) is 7.05 Å². The molecule has 0 aliphatic carbocycles. The molecule has 1 aromatic carbocycles. The Bertz CT molecular complexity index is 484. The molecule has 90 valence electrons. The summed E-state index contributed by atoms with van der Waals surface area (Å²) < 4.78 is 14.3. The van der Waals surface area contributed by atoms with Crippen molar-refractivity contribution in [2.24, 2.45) is 7.05 Å². The lowest BCUT2D eigenvalue weighted by atomic mass is 10.2. The van der Waals surface area contributed by atoms with E-state index >= 15 is 0 Å². The van der Waals surface area contributed by atoms with Gasteiger partial charge in [0.2, 0.25) is 0 Å². The summed E-state index contributed by atoms with van der Waals surface area (Å²) in [4.78, 5) is 0.939. The van der Waals surface area contributed by atoms with Crippen molar-refractivity contribution in [3.05, 3.63) is 48.0 Å². The van der Waals surface area contributed by atoms with Gasteiger partial charge in [0.05, 0.1) is 12.3 Å². The van der Waals surface area contributed by atoms with Gasteiger partial charge in [-0.05, 0) is 24.3 Å². The number of nitrogens with zero attached hydrogens (tertiary/aromatic N) is 2. The summed E-state index contributed by atoms with van der Waals surface area (Å²) in [6, 6.07) is 6.24. The lowest BCUT2D eigenvalue weighted by Gasteiger charge is -2.07. The van der Waals surface area contributed by atoms with E-state index in [0.29, 0.717) is 5.75 Å². The summed E-state index contributed by atoms with van der Waals surface area (Å²) in [6.07, 6.45) is 2.88. The zero-order valence-electron chi connectivity index (χ0n) is 9.38. The van der Waals surface area contributed by atoms with Crippen LogP contribution in [0.3, 0.4) is 0 Å². The van der Waals surface area contributed by atoms with Crippen molar-refractivity contribution in [2.75, 3.05) is 5.75 Å². The standard InChI is InChI=1S/C12H13FN2OS/c1-15-7-9(6-14-15)12(16)8-17-11-4-2-10(13)3-5-11/h2-7,12,16H,8H2,1H3. The minimum Gasteiger partial charge on any atom is -0.387 e. The zero-order valence-corrected chi connectivity index (χ0v) is 10.2. The second-order valence-corrected chi connectivity index (χ2v) is 4.82. The van der Waals surface area contributed by atoms with E-state index in [1.54, 1.807) is 29.2 Å². The molecule has 0 fully saturated rings. The van der Waals surface area contributed by atoms with E-state index < -0.39 is 6.10 Å². The number of thioether (sulfide) groups is 1. The lowest BCUT2D eigenvalue weighted by molar-refractivity contribution is 0.204. The van der Waals surface area contributed by atoms with Crippen LogP contribution in [0, 0.1) is 5.82 Å². The molecule has 1 heterocycles. The van der Waals surface area contributed by atoms with Crippen LogP contribution in [0.25, 0.3) is 0 Å². The van der Waals surface area contributed by atoms with Crippen LogP contribution in [0.1, 0.15) is 11.7 Å². The molecule has 0 radical (unpaired) electrons. The summed E-state index contributed by atoms with van der Waals surface area (Å²) in [5.74, 6) is 0.277. The molecule has 0 amide bonds. The first-order valence-electron chi connectivity index (χ1n) is 5.20. The maximum absolute atomic E-state index is 12.7. The Hall–Kier alpha value is -1.33. The molecule has 1 unspecified atom stereocenters. The molecule has 0 saturated carbocycles. The lowest BCUT2D eigenvalue weighted by Crippen LogP contribution is -1.99. The quantitative estimate of drug-likeness (QED) is 0.849. The van der Waals surface area contributed by atoms with Gasteiger partial charge in [-0.3, -0.25) is 4.68 Å². The number of halogens is 1. The third-order valence-electron chi connectivity index (χ3n) is 2.33. The molecular weight excluding hydrogens is 239 g/mol. The van der Waals surface area contributed by atoms with E-state index in [1.807, 2.05) is 7.05 Å². The van der Waals surface area contributed by atoms with Crippen molar-refractivity contribution in [1.82, 2.24) is 9.78 Å². The third-order valence-corrected chi connectivity index (χ3v) is 3.42. The first-order valence-corrected chi connectivity index (χ1v) is 6.18. The maximum Gasteiger partial charge on any atom is 0.123 e. The first kappa shape index (κ1) is 12.1. The van der Waals surface area contributed by atoms with Crippen molar-refractivity contribution in [1.29, 1.82) is 0 Å². The fraction of sp³-hybridized carbons (Fsp3) is 0.250. The molecule has 0 aliphatic rings. The second kappa shape index (κ2) is 5.33. The number of rotatable bonds is 4. The third kappa shape index (κ3) is 3.31. The predicted octanol–water partition coefficient (Wildman–Crippen LogP) is 2.38. The fourth-order valence-electron chi connectivity index (χ4n) is 1.41. The highest BCUT2D eigenvalue weighted by molar-refractivity contribution is 7.99. The Morgan fingerprint density at radius 2 is 2.12 bits per heavy atom. The highest BCUT2D eigenvalue weighted by atomic mass is 32.2. The number of benzene rings is 1. The van der Waals surface area contributed by atoms with Gasteiger partial charge in [0.1, 0.15) is 5.82 Å². The molecule has 1 aromatic heterocycles. The Morgan fingerprint density at radius 1 is 1.41 bits per heavy atom. The Morgan fingerprint density at radius 3 is 2.71 bits per heavy atom. The largest absolute Gasteiger partial charge is 0.387 e. The van der Waals surface area contributed by atoms with E-state index in [-0.39, 0.29) is 5.82 Å². The molecule has 0 aliphatic heterocycles. The fourth-order valence-corrected chi connectivity index (χ4v) is 2.29. The van der Waals surface area contributed by atoms with Gasteiger partial charge in [-0.2, -0.15) is 5.10 Å². The van der Waals surface area contributed by atoms with Gasteiger partial charge in [-0.1, -0.05) is 0 Å². The van der Waals surface area contributed by atoms with Gasteiger partial charge in [0.25, 0.3) is 0 Å². The van der Waals surface area contributed by atoms with Gasteiger partial charge in [0.15, 0.2) is 0 Å². The van der Waals surface area contributed by atoms with Crippen LogP contribution in [-0.4, -0.2) is 20.6 Å². The minimum atomic E-state index is -0.557. The average Bonchev–Trinajstić information content (AvgIpc) is 2.75. The number of hydrogen-bond donors (Lipinski definition) is 1. The van der Waals surface area contributed by atoms with Crippen molar-refractivity contribution >= 4 is 11.8 Å². The van der Waals surface area contributed by atoms with Crippen molar-refractivity contribution in [2.45, 2.75) is 11.0 Å². The molecule has 2 aromatic rings. The molecule has 1 atom stereocenters. The molecule has 1 N–H and O–H groups in total. The summed E-state index contributed by atoms with van der Waals surface area (Å²) in [5.41, 5.74) is 0.794. The molecule has 0 saturated heterocycles. The van der Waals surface area contributed by atoms with E-state index in [2.05, 4.69) is 5.10 Å². The molecule has 2 rings (SSSR count). The number of hydrogen-bond acceptors (Lipinski definition) is 3. The Balaban J connectivity index is 1.92. The van der Waals surface area contributed by atoms with Crippen LogP contribution in [0.2, 0.25) is 0 Å². The molecular formula is C12H13FN2OS. The second-order valence-electron chi connectivity index (χ2n) is 3.73.